The van der Waals surface area contributed by atoms with E-state index in [2.05, 4.69) is 26.0 Å². The van der Waals surface area contributed by atoms with Crippen LogP contribution >= 0.6 is 23.2 Å². The summed E-state index contributed by atoms with van der Waals surface area (Å²) in [5.41, 5.74) is -1.46. The normalized spacial score (nSPS) is 11.3. The molecular formula is C20H8Cl2F5FeN2O2. The molecule has 32 heavy (non-hydrogen) atoms. The zero-order chi connectivity index (χ0) is 23.7. The molecule has 0 spiro atoms. The van der Waals surface area contributed by atoms with E-state index in [-0.39, 0.29) is 27.2 Å². The van der Waals surface area contributed by atoms with Crippen LogP contribution in [0.2, 0.25) is 10.2 Å². The first-order chi connectivity index (χ1) is 15.1. The fraction of sp³-hybridized carbons (Fsp3) is 0.0500. The number of hydrogen-bond acceptors (Lipinski definition) is 4. The summed E-state index contributed by atoms with van der Waals surface area (Å²) in [7, 11) is 1.25. The average Bonchev–Trinajstić information content (AvgIpc) is 2.78. The Morgan fingerprint density at radius 2 is 1.59 bits per heavy atom. The molecule has 0 atom stereocenters. The van der Waals surface area contributed by atoms with Gasteiger partial charge in [0.1, 0.15) is 0 Å². The topological polar surface area (TPSA) is 51.5 Å². The Balaban J connectivity index is 2.22. The van der Waals surface area contributed by atoms with Gasteiger partial charge in [0.05, 0.1) is 0 Å². The first-order valence-electron chi connectivity index (χ1n) is 8.36. The molecular weight excluding hydrogens is 522 g/mol. The Morgan fingerprint density at radius 3 is 2.16 bits per heavy atom. The Labute approximate surface area is 195 Å². The Kier molecular flexibility index (Phi) is 7.19. The molecule has 0 amide bonds. The van der Waals surface area contributed by atoms with Crippen LogP contribution in [0.25, 0.3) is 11.1 Å². The standard InChI is InChI=1S/C20H8Cl2F5N2O2.Fe/c1-31-20-10(8-5-3-2-4-6-8)11(12(21)19(22)29-20)9(30)7-28-18-16(26)14(24)13(23)15(25)17(18)27;/h2-5,7H,1H3;. The summed E-state index contributed by atoms with van der Waals surface area (Å²) in [5, 5.41) is -0.679. The van der Waals surface area contributed by atoms with Gasteiger partial charge in [-0.25, -0.2) is 0 Å². The Bertz CT molecular complexity index is 1260. The van der Waals surface area contributed by atoms with Gasteiger partial charge < -0.3 is 0 Å². The molecule has 2 aromatic carbocycles. The number of ether oxygens (including phenoxy) is 1. The zero-order valence-corrected chi connectivity index (χ0v) is 18.2. The van der Waals surface area contributed by atoms with Crippen LogP contribution in [0.5, 0.6) is 5.88 Å². The molecule has 0 saturated heterocycles. The van der Waals surface area contributed by atoms with Crippen molar-refractivity contribution in [2.24, 2.45) is 4.99 Å². The van der Waals surface area contributed by atoms with Crippen LogP contribution in [0.3, 0.4) is 0 Å². The van der Waals surface area contributed by atoms with E-state index in [4.69, 9.17) is 27.9 Å². The van der Waals surface area contributed by atoms with Gasteiger partial charge in [-0.2, -0.15) is 0 Å². The SMILES string of the molecule is COc1nc(Cl)c(Cl)c(C(=O)C=Nc2c(F)c(F)c(F)c(F)c2F)c1-c1cccc[c]1[Fe]. The van der Waals surface area contributed by atoms with Gasteiger partial charge in [-0.3, -0.25) is 0 Å². The first-order valence-corrected chi connectivity index (χ1v) is 9.67. The third kappa shape index (κ3) is 4.23. The van der Waals surface area contributed by atoms with Gasteiger partial charge in [-0.1, -0.05) is 0 Å². The summed E-state index contributed by atoms with van der Waals surface area (Å²) in [6.45, 7) is 0. The van der Waals surface area contributed by atoms with Crippen molar-refractivity contribution in [3.8, 4) is 17.0 Å². The number of benzene rings is 2. The summed E-state index contributed by atoms with van der Waals surface area (Å²) >= 11 is 16.0. The van der Waals surface area contributed by atoms with Crippen molar-refractivity contribution in [2.75, 3.05) is 7.11 Å². The number of carbonyl (C=O) groups excluding carboxylic acids is 1. The van der Waals surface area contributed by atoms with Crippen LogP contribution in [0, 0.1) is 29.1 Å². The molecule has 0 aliphatic carbocycles. The quantitative estimate of drug-likeness (QED) is 0.0832. The molecule has 1 heterocycles. The van der Waals surface area contributed by atoms with Crippen molar-refractivity contribution in [3.05, 3.63) is 69.1 Å². The maximum atomic E-state index is 13.9. The summed E-state index contributed by atoms with van der Waals surface area (Å²) in [6, 6.07) is 6.50. The van der Waals surface area contributed by atoms with E-state index in [1.165, 1.54) is 7.11 Å². The second kappa shape index (κ2) is 9.54. The second-order valence-corrected chi connectivity index (χ2v) is 7.31. The predicted octanol–water partition coefficient (Wildman–Crippen LogP) is 5.52. The van der Waals surface area contributed by atoms with E-state index >= 15 is 0 Å². The van der Waals surface area contributed by atoms with Crippen LogP contribution < -0.4 is 9.20 Å². The molecule has 3 aromatic rings. The number of Topliss-reactive ketones (excluding diaryl/α,β-unsaturated/α-hetero) is 1. The van der Waals surface area contributed by atoms with Crippen molar-refractivity contribution in [2.45, 2.75) is 0 Å². The number of methoxy groups -OCH3 is 1. The third-order valence-corrected chi connectivity index (χ3v) is 5.35. The number of carbonyl (C=O) groups is 1. The summed E-state index contributed by atoms with van der Waals surface area (Å²) in [5.74, 6) is -12.4. The van der Waals surface area contributed by atoms with E-state index in [0.717, 1.165) is 0 Å². The first kappa shape index (κ1) is 24.1. The molecule has 0 unspecified atom stereocenters. The average molecular weight is 530 g/mol. The van der Waals surface area contributed by atoms with E-state index in [1.54, 1.807) is 24.3 Å². The van der Waals surface area contributed by atoms with Crippen molar-refractivity contribution in [1.82, 2.24) is 4.98 Å². The molecule has 1 aromatic heterocycles. The molecule has 0 aliphatic rings. The number of nitrogens with zero attached hydrogens (tertiary/aromatic N) is 2. The van der Waals surface area contributed by atoms with Crippen molar-refractivity contribution >= 4 is 45.3 Å². The van der Waals surface area contributed by atoms with Gasteiger partial charge in [-0.15, -0.1) is 0 Å². The van der Waals surface area contributed by atoms with Gasteiger partial charge in [0.25, 0.3) is 0 Å². The fourth-order valence-corrected chi connectivity index (χ4v) is 3.43. The number of aromatic nitrogens is 1. The molecule has 167 valence electrons. The molecule has 0 saturated carbocycles. The predicted molar refractivity (Wildman–Crippen MR) is 105 cm³/mol. The Hall–Kier alpha value is -2.52. The van der Waals surface area contributed by atoms with E-state index < -0.39 is 40.6 Å². The van der Waals surface area contributed by atoms with Gasteiger partial charge in [-0.05, 0) is 0 Å². The monoisotopic (exact) mass is 529 g/mol. The van der Waals surface area contributed by atoms with E-state index in [1.807, 2.05) is 0 Å². The minimum atomic E-state index is -2.35. The van der Waals surface area contributed by atoms with Gasteiger partial charge in [0, 0.05) is 0 Å². The van der Waals surface area contributed by atoms with E-state index in [9.17, 15) is 26.7 Å². The third-order valence-electron chi connectivity index (χ3n) is 4.13. The molecule has 0 aliphatic heterocycles. The van der Waals surface area contributed by atoms with Crippen LogP contribution in [0.4, 0.5) is 27.6 Å². The van der Waals surface area contributed by atoms with Crippen LogP contribution in [0.15, 0.2) is 29.3 Å². The molecule has 0 radical (unpaired) electrons. The summed E-state index contributed by atoms with van der Waals surface area (Å²) < 4.78 is 73.4. The Morgan fingerprint density at radius 1 is 1.03 bits per heavy atom. The zero-order valence-electron chi connectivity index (χ0n) is 15.6. The number of hydrogen-bond donors (Lipinski definition) is 0. The molecule has 12 heteroatoms. The maximum absolute atomic E-state index is 13.9. The second-order valence-electron chi connectivity index (χ2n) is 5.98. The molecule has 3 rings (SSSR count). The number of pyridine rings is 1. The number of halogens is 7. The van der Waals surface area contributed by atoms with Crippen LogP contribution in [-0.4, -0.2) is 24.1 Å². The summed E-state index contributed by atoms with van der Waals surface area (Å²) in [6.07, 6.45) is 0.352. The van der Waals surface area contributed by atoms with E-state index in [0.29, 0.717) is 16.2 Å². The minimum absolute atomic E-state index is 0.0429. The molecule has 4 nitrogen and oxygen atoms in total. The van der Waals surface area contributed by atoms with Crippen LogP contribution in [0.1, 0.15) is 10.4 Å². The van der Waals surface area contributed by atoms with Crippen molar-refractivity contribution in [1.29, 1.82) is 0 Å². The van der Waals surface area contributed by atoms with Gasteiger partial charge >= 0.3 is 196 Å². The van der Waals surface area contributed by atoms with Crippen molar-refractivity contribution < 1.29 is 47.5 Å². The van der Waals surface area contributed by atoms with Gasteiger partial charge in [0.15, 0.2) is 0 Å². The molecule has 0 fully saturated rings. The number of aliphatic imine (C=N–C) groups is 1. The van der Waals surface area contributed by atoms with Crippen LogP contribution in [-0.2, 0) is 16.0 Å². The molecule has 0 bridgehead atoms. The van der Waals surface area contributed by atoms with Gasteiger partial charge in [0.2, 0.25) is 0 Å². The number of rotatable bonds is 5. The summed E-state index contributed by atoms with van der Waals surface area (Å²) in [4.78, 5) is 20.1. The molecule has 0 N–H and O–H groups in total. The fourth-order valence-electron chi connectivity index (χ4n) is 2.69. The number of ketones is 1. The van der Waals surface area contributed by atoms with Crippen molar-refractivity contribution in [3.63, 3.8) is 0 Å².